The van der Waals surface area contributed by atoms with E-state index in [1.807, 2.05) is 29.6 Å². The zero-order valence-electron chi connectivity index (χ0n) is 15.6. The summed E-state index contributed by atoms with van der Waals surface area (Å²) < 4.78 is 0. The average molecular weight is 387 g/mol. The summed E-state index contributed by atoms with van der Waals surface area (Å²) in [7, 11) is 2.13. The number of nitrogens with one attached hydrogen (secondary N) is 2. The first kappa shape index (κ1) is 19.4. The van der Waals surface area contributed by atoms with E-state index in [2.05, 4.69) is 33.5 Å². The minimum Gasteiger partial charge on any atom is -0.367 e. The maximum absolute atomic E-state index is 12.3. The Morgan fingerprint density at radius 2 is 1.85 bits per heavy atom. The number of carbonyl (C=O) groups excluding carboxylic acids is 2. The first-order chi connectivity index (χ1) is 13.1. The standard InChI is InChI=1S/C20H26N4O2S/c1-23-11-13-24(14-12-23)17-7-3-2-6-16(17)22-19(25)9-4-10-21-20(26)18-8-5-15-27-18/h2-3,5-8,15H,4,9-14H2,1H3,(H,21,26)(H,22,25). The van der Waals surface area contributed by atoms with Crippen molar-refractivity contribution in [2.24, 2.45) is 0 Å². The van der Waals surface area contributed by atoms with Crippen molar-refractivity contribution in [1.82, 2.24) is 10.2 Å². The highest BCUT2D eigenvalue weighted by Crippen LogP contribution is 2.26. The van der Waals surface area contributed by atoms with E-state index in [0.29, 0.717) is 24.3 Å². The van der Waals surface area contributed by atoms with Crippen LogP contribution in [-0.2, 0) is 4.79 Å². The zero-order chi connectivity index (χ0) is 19.1. The van der Waals surface area contributed by atoms with Gasteiger partial charge in [0, 0.05) is 39.1 Å². The molecule has 1 aromatic heterocycles. The van der Waals surface area contributed by atoms with Gasteiger partial charge in [0.05, 0.1) is 16.3 Å². The Bertz CT molecular complexity index is 755. The van der Waals surface area contributed by atoms with Gasteiger partial charge in [0.25, 0.3) is 5.91 Å². The number of likely N-dealkylation sites (N-methyl/N-ethyl adjacent to an activating group) is 1. The fourth-order valence-electron chi connectivity index (χ4n) is 3.06. The first-order valence-corrected chi connectivity index (χ1v) is 10.2. The number of carbonyl (C=O) groups is 2. The van der Waals surface area contributed by atoms with Crippen molar-refractivity contribution < 1.29 is 9.59 Å². The highest BCUT2D eigenvalue weighted by Gasteiger charge is 2.17. The van der Waals surface area contributed by atoms with Gasteiger partial charge in [-0.2, -0.15) is 0 Å². The largest absolute Gasteiger partial charge is 0.367 e. The van der Waals surface area contributed by atoms with Crippen LogP contribution in [-0.4, -0.2) is 56.5 Å². The molecule has 0 aliphatic carbocycles. The molecule has 0 bridgehead atoms. The van der Waals surface area contributed by atoms with E-state index >= 15 is 0 Å². The number of amides is 2. The van der Waals surface area contributed by atoms with E-state index in [9.17, 15) is 9.59 Å². The molecule has 1 saturated heterocycles. The number of benzene rings is 1. The molecule has 0 spiro atoms. The molecule has 0 radical (unpaired) electrons. The maximum atomic E-state index is 12.3. The van der Waals surface area contributed by atoms with Gasteiger partial charge in [0.15, 0.2) is 0 Å². The van der Waals surface area contributed by atoms with E-state index in [0.717, 1.165) is 37.6 Å². The van der Waals surface area contributed by atoms with Crippen molar-refractivity contribution >= 4 is 34.5 Å². The zero-order valence-corrected chi connectivity index (χ0v) is 16.4. The Morgan fingerprint density at radius 3 is 2.59 bits per heavy atom. The van der Waals surface area contributed by atoms with E-state index in [4.69, 9.17) is 0 Å². The van der Waals surface area contributed by atoms with Crippen molar-refractivity contribution in [1.29, 1.82) is 0 Å². The quantitative estimate of drug-likeness (QED) is 0.718. The van der Waals surface area contributed by atoms with Crippen molar-refractivity contribution in [3.8, 4) is 0 Å². The van der Waals surface area contributed by atoms with Gasteiger partial charge in [-0.05, 0) is 37.0 Å². The number of hydrogen-bond donors (Lipinski definition) is 2. The van der Waals surface area contributed by atoms with E-state index < -0.39 is 0 Å². The highest BCUT2D eigenvalue weighted by molar-refractivity contribution is 7.12. The summed E-state index contributed by atoms with van der Waals surface area (Å²) in [5, 5.41) is 7.76. The second kappa shape index (κ2) is 9.53. The Morgan fingerprint density at radius 1 is 1.07 bits per heavy atom. The number of thiophene rings is 1. The number of nitrogens with zero attached hydrogens (tertiary/aromatic N) is 2. The predicted molar refractivity (Wildman–Crippen MR) is 111 cm³/mol. The third-order valence-corrected chi connectivity index (χ3v) is 5.50. The maximum Gasteiger partial charge on any atom is 0.261 e. The average Bonchev–Trinajstić information content (AvgIpc) is 3.21. The molecule has 7 heteroatoms. The van der Waals surface area contributed by atoms with Crippen LogP contribution in [0.1, 0.15) is 22.5 Å². The van der Waals surface area contributed by atoms with Crippen LogP contribution >= 0.6 is 11.3 Å². The second-order valence-corrected chi connectivity index (χ2v) is 7.64. The first-order valence-electron chi connectivity index (χ1n) is 9.27. The molecule has 144 valence electrons. The van der Waals surface area contributed by atoms with Gasteiger partial charge < -0.3 is 20.4 Å². The Balaban J connectivity index is 1.46. The summed E-state index contributed by atoms with van der Waals surface area (Å²) in [5.41, 5.74) is 1.93. The molecular weight excluding hydrogens is 360 g/mol. The summed E-state index contributed by atoms with van der Waals surface area (Å²) in [4.78, 5) is 29.5. The Labute approximate surface area is 164 Å². The molecule has 3 rings (SSSR count). The normalized spacial score (nSPS) is 14.8. The number of para-hydroxylation sites is 2. The number of anilines is 2. The van der Waals surface area contributed by atoms with Crippen LogP contribution < -0.4 is 15.5 Å². The topological polar surface area (TPSA) is 64.7 Å². The molecule has 1 aliphatic heterocycles. The lowest BCUT2D eigenvalue weighted by atomic mass is 10.2. The summed E-state index contributed by atoms with van der Waals surface area (Å²) in [5.74, 6) is -0.104. The van der Waals surface area contributed by atoms with Gasteiger partial charge in [-0.25, -0.2) is 0 Å². The fraction of sp³-hybridized carbons (Fsp3) is 0.400. The molecule has 2 amide bonds. The lowest BCUT2D eigenvalue weighted by Gasteiger charge is -2.35. The summed E-state index contributed by atoms with van der Waals surface area (Å²) in [6.07, 6.45) is 0.988. The third-order valence-electron chi connectivity index (χ3n) is 4.63. The lowest BCUT2D eigenvalue weighted by Crippen LogP contribution is -2.44. The molecule has 0 saturated carbocycles. The van der Waals surface area contributed by atoms with E-state index in [1.54, 1.807) is 6.07 Å². The molecule has 1 fully saturated rings. The van der Waals surface area contributed by atoms with Crippen LogP contribution in [0.5, 0.6) is 0 Å². The summed E-state index contributed by atoms with van der Waals surface area (Å²) >= 11 is 1.41. The van der Waals surface area contributed by atoms with Crippen LogP contribution in [0, 0.1) is 0 Å². The van der Waals surface area contributed by atoms with Crippen molar-refractivity contribution in [3.05, 3.63) is 46.7 Å². The number of hydrogen-bond acceptors (Lipinski definition) is 5. The van der Waals surface area contributed by atoms with E-state index in [1.165, 1.54) is 11.3 Å². The molecule has 2 aromatic rings. The Kier molecular flexibility index (Phi) is 6.84. The lowest BCUT2D eigenvalue weighted by molar-refractivity contribution is -0.116. The van der Waals surface area contributed by atoms with Gasteiger partial charge in [0.2, 0.25) is 5.91 Å². The molecule has 2 N–H and O–H groups in total. The minimum absolute atomic E-state index is 0.0260. The Hall–Kier alpha value is -2.38. The van der Waals surface area contributed by atoms with Gasteiger partial charge in [-0.1, -0.05) is 18.2 Å². The number of piperazine rings is 1. The van der Waals surface area contributed by atoms with Crippen molar-refractivity contribution in [3.63, 3.8) is 0 Å². The van der Waals surface area contributed by atoms with Gasteiger partial charge in [0.1, 0.15) is 0 Å². The van der Waals surface area contributed by atoms with Crippen LogP contribution in [0.3, 0.4) is 0 Å². The smallest absolute Gasteiger partial charge is 0.261 e. The number of rotatable bonds is 7. The predicted octanol–water partition coefficient (Wildman–Crippen LogP) is 2.65. The summed E-state index contributed by atoms with van der Waals surface area (Å²) in [6.45, 7) is 4.44. The molecule has 27 heavy (non-hydrogen) atoms. The van der Waals surface area contributed by atoms with Crippen molar-refractivity contribution in [2.75, 3.05) is 50.0 Å². The molecule has 1 aromatic carbocycles. The summed E-state index contributed by atoms with van der Waals surface area (Å²) in [6, 6.07) is 11.6. The van der Waals surface area contributed by atoms with Gasteiger partial charge in [-0.15, -0.1) is 11.3 Å². The van der Waals surface area contributed by atoms with Crippen molar-refractivity contribution in [2.45, 2.75) is 12.8 Å². The van der Waals surface area contributed by atoms with Crippen LogP contribution in [0.4, 0.5) is 11.4 Å². The van der Waals surface area contributed by atoms with Crippen LogP contribution in [0.2, 0.25) is 0 Å². The van der Waals surface area contributed by atoms with Gasteiger partial charge in [-0.3, -0.25) is 9.59 Å². The van der Waals surface area contributed by atoms with Crippen LogP contribution in [0.15, 0.2) is 41.8 Å². The second-order valence-electron chi connectivity index (χ2n) is 6.69. The molecule has 1 aliphatic rings. The monoisotopic (exact) mass is 386 g/mol. The minimum atomic E-state index is -0.0779. The third kappa shape index (κ3) is 5.55. The SMILES string of the molecule is CN1CCN(c2ccccc2NC(=O)CCCNC(=O)c2cccs2)CC1. The van der Waals surface area contributed by atoms with Crippen LogP contribution in [0.25, 0.3) is 0 Å². The van der Waals surface area contributed by atoms with Gasteiger partial charge >= 0.3 is 0 Å². The fourth-order valence-corrected chi connectivity index (χ4v) is 3.70. The molecule has 2 heterocycles. The molecular formula is C20H26N4O2S. The molecule has 0 unspecified atom stereocenters. The molecule has 0 atom stereocenters. The highest BCUT2D eigenvalue weighted by atomic mass is 32.1. The molecule has 6 nitrogen and oxygen atoms in total. The van der Waals surface area contributed by atoms with E-state index in [-0.39, 0.29) is 11.8 Å².